The first kappa shape index (κ1) is 18.2. The molecule has 2 heteroatoms. The van der Waals surface area contributed by atoms with Crippen LogP contribution in [0.4, 0.5) is 5.69 Å². The quantitative estimate of drug-likeness (QED) is 0.506. The SMILES string of the molecule is CC1=CC(C)(C)Nc2ccccc21.Cc1nc2ccccc2c(C)c1C. The second-order valence-corrected chi connectivity index (χ2v) is 7.68. The summed E-state index contributed by atoms with van der Waals surface area (Å²) in [5.41, 5.74) is 8.90. The van der Waals surface area contributed by atoms with E-state index >= 15 is 0 Å². The Morgan fingerprint density at radius 2 is 1.46 bits per heavy atom. The maximum absolute atomic E-state index is 4.54. The molecule has 0 saturated carbocycles. The summed E-state index contributed by atoms with van der Waals surface area (Å²) < 4.78 is 0. The number of aromatic nitrogens is 1. The van der Waals surface area contributed by atoms with Gasteiger partial charge in [0.1, 0.15) is 0 Å². The lowest BCUT2D eigenvalue weighted by Gasteiger charge is -2.31. The molecule has 0 radical (unpaired) electrons. The molecule has 2 aromatic carbocycles. The van der Waals surface area contributed by atoms with Crippen molar-refractivity contribution in [2.24, 2.45) is 0 Å². The second-order valence-electron chi connectivity index (χ2n) is 7.68. The first-order valence-electron chi connectivity index (χ1n) is 9.18. The third kappa shape index (κ3) is 3.65. The number of pyridine rings is 1. The van der Waals surface area contributed by atoms with Crippen LogP contribution in [0.5, 0.6) is 0 Å². The van der Waals surface area contributed by atoms with Crippen molar-refractivity contribution in [3.8, 4) is 0 Å². The predicted octanol–water partition coefficient (Wildman–Crippen LogP) is 6.45. The Balaban J connectivity index is 0.000000151. The number of allylic oxidation sites excluding steroid dienone is 1. The average molecular weight is 345 g/mol. The predicted molar refractivity (Wildman–Crippen MR) is 114 cm³/mol. The molecule has 0 atom stereocenters. The van der Waals surface area contributed by atoms with Crippen LogP contribution in [0.1, 0.15) is 43.2 Å². The molecule has 2 nitrogen and oxygen atoms in total. The molecule has 1 N–H and O–H groups in total. The van der Waals surface area contributed by atoms with Crippen LogP contribution < -0.4 is 5.32 Å². The molecule has 0 bridgehead atoms. The lowest BCUT2D eigenvalue weighted by atomic mass is 9.91. The highest BCUT2D eigenvalue weighted by Gasteiger charge is 2.21. The van der Waals surface area contributed by atoms with E-state index in [1.807, 2.05) is 6.07 Å². The van der Waals surface area contributed by atoms with E-state index in [2.05, 4.69) is 100 Å². The van der Waals surface area contributed by atoms with Crippen molar-refractivity contribution in [2.75, 3.05) is 5.32 Å². The van der Waals surface area contributed by atoms with Gasteiger partial charge in [-0.1, -0.05) is 42.5 Å². The average Bonchev–Trinajstić information content (AvgIpc) is 2.59. The Kier molecular flexibility index (Phi) is 4.86. The molecule has 1 aromatic heterocycles. The first-order valence-corrected chi connectivity index (χ1v) is 9.18. The van der Waals surface area contributed by atoms with E-state index in [1.165, 1.54) is 33.3 Å². The first-order chi connectivity index (χ1) is 12.3. The molecule has 0 spiro atoms. The number of rotatable bonds is 0. The fourth-order valence-electron chi connectivity index (χ4n) is 3.56. The van der Waals surface area contributed by atoms with E-state index in [0.29, 0.717) is 0 Å². The third-order valence-electron chi connectivity index (χ3n) is 5.09. The molecule has 26 heavy (non-hydrogen) atoms. The summed E-state index contributed by atoms with van der Waals surface area (Å²) in [7, 11) is 0. The van der Waals surface area contributed by atoms with Gasteiger partial charge in [-0.15, -0.1) is 0 Å². The maximum Gasteiger partial charge on any atom is 0.0708 e. The molecule has 4 rings (SSSR count). The molecule has 1 aliphatic heterocycles. The summed E-state index contributed by atoms with van der Waals surface area (Å²) in [5, 5.41) is 4.76. The number of anilines is 1. The van der Waals surface area contributed by atoms with Gasteiger partial charge in [-0.05, 0) is 70.4 Å². The summed E-state index contributed by atoms with van der Waals surface area (Å²) in [6.45, 7) is 12.9. The number of hydrogen-bond donors (Lipinski definition) is 1. The summed E-state index contributed by atoms with van der Waals surface area (Å²) in [5.74, 6) is 0. The highest BCUT2D eigenvalue weighted by Crippen LogP contribution is 2.32. The molecular formula is C24H28N2. The van der Waals surface area contributed by atoms with Crippen molar-refractivity contribution in [3.05, 3.63) is 77.0 Å². The summed E-state index contributed by atoms with van der Waals surface area (Å²) in [4.78, 5) is 4.54. The van der Waals surface area contributed by atoms with Gasteiger partial charge in [0.15, 0.2) is 0 Å². The molecule has 0 unspecified atom stereocenters. The topological polar surface area (TPSA) is 24.9 Å². The van der Waals surface area contributed by atoms with Crippen molar-refractivity contribution in [1.82, 2.24) is 4.98 Å². The molecule has 3 aromatic rings. The molecule has 0 amide bonds. The van der Waals surface area contributed by atoms with E-state index in [-0.39, 0.29) is 5.54 Å². The standard InChI is InChI=1S/C12H15N.C12H13N/c1-9-8-12(2,3)13-11-7-5-4-6-10(9)11;1-8-9(2)11-6-4-5-7-12(11)13-10(8)3/h4-8,13H,1-3H3;4-7H,1-3H3. The molecule has 0 fully saturated rings. The zero-order valence-electron chi connectivity index (χ0n) is 16.6. The van der Waals surface area contributed by atoms with Gasteiger partial charge in [0.05, 0.1) is 11.1 Å². The van der Waals surface area contributed by atoms with Gasteiger partial charge < -0.3 is 5.32 Å². The van der Waals surface area contributed by atoms with E-state index in [0.717, 1.165) is 11.2 Å². The monoisotopic (exact) mass is 344 g/mol. The van der Waals surface area contributed by atoms with E-state index in [1.54, 1.807) is 0 Å². The van der Waals surface area contributed by atoms with Gasteiger partial charge in [0.2, 0.25) is 0 Å². The minimum atomic E-state index is 0.0818. The van der Waals surface area contributed by atoms with Gasteiger partial charge >= 0.3 is 0 Å². The van der Waals surface area contributed by atoms with Crippen molar-refractivity contribution in [3.63, 3.8) is 0 Å². The summed E-state index contributed by atoms with van der Waals surface area (Å²) >= 11 is 0. The number of para-hydroxylation sites is 2. The molecular weight excluding hydrogens is 316 g/mol. The van der Waals surface area contributed by atoms with Crippen molar-refractivity contribution >= 4 is 22.2 Å². The maximum atomic E-state index is 4.54. The molecule has 0 saturated heterocycles. The number of nitrogens with one attached hydrogen (secondary N) is 1. The van der Waals surface area contributed by atoms with Crippen LogP contribution in [0, 0.1) is 20.8 Å². The normalized spacial score (nSPS) is 14.6. The van der Waals surface area contributed by atoms with Crippen LogP contribution >= 0.6 is 0 Å². The Labute approximate surface area is 157 Å². The van der Waals surface area contributed by atoms with Crippen molar-refractivity contribution in [1.29, 1.82) is 0 Å². The van der Waals surface area contributed by atoms with E-state index < -0.39 is 0 Å². The largest absolute Gasteiger partial charge is 0.376 e. The van der Waals surface area contributed by atoms with Crippen molar-refractivity contribution < 1.29 is 0 Å². The van der Waals surface area contributed by atoms with Crippen LogP contribution in [0.15, 0.2) is 54.6 Å². The minimum absolute atomic E-state index is 0.0818. The van der Waals surface area contributed by atoms with Gasteiger partial charge in [-0.3, -0.25) is 4.98 Å². The lowest BCUT2D eigenvalue weighted by molar-refractivity contribution is 0.707. The molecule has 0 aliphatic carbocycles. The van der Waals surface area contributed by atoms with Crippen molar-refractivity contribution in [2.45, 2.75) is 47.1 Å². The third-order valence-corrected chi connectivity index (χ3v) is 5.09. The van der Waals surface area contributed by atoms with E-state index in [9.17, 15) is 0 Å². The molecule has 1 aliphatic rings. The van der Waals surface area contributed by atoms with Gasteiger partial charge in [0.25, 0.3) is 0 Å². The zero-order valence-corrected chi connectivity index (χ0v) is 16.6. The number of benzene rings is 2. The van der Waals surface area contributed by atoms with Gasteiger partial charge in [-0.25, -0.2) is 0 Å². The highest BCUT2D eigenvalue weighted by atomic mass is 15.0. The highest BCUT2D eigenvalue weighted by molar-refractivity contribution is 5.83. The number of aryl methyl sites for hydroxylation is 2. The van der Waals surface area contributed by atoms with Crippen LogP contribution in [0.3, 0.4) is 0 Å². The van der Waals surface area contributed by atoms with Crippen LogP contribution in [0.25, 0.3) is 16.5 Å². The second kappa shape index (κ2) is 6.95. The van der Waals surface area contributed by atoms with Crippen LogP contribution in [-0.4, -0.2) is 10.5 Å². The Morgan fingerprint density at radius 3 is 2.23 bits per heavy atom. The summed E-state index contributed by atoms with van der Waals surface area (Å²) in [6.07, 6.45) is 2.27. The van der Waals surface area contributed by atoms with Gasteiger partial charge in [0, 0.05) is 22.3 Å². The number of fused-ring (bicyclic) bond motifs is 2. The smallest absolute Gasteiger partial charge is 0.0708 e. The van der Waals surface area contributed by atoms with Crippen LogP contribution in [0.2, 0.25) is 0 Å². The zero-order chi connectivity index (χ0) is 18.9. The van der Waals surface area contributed by atoms with Crippen LogP contribution in [-0.2, 0) is 0 Å². The Bertz CT molecular complexity index is 981. The summed E-state index contributed by atoms with van der Waals surface area (Å²) in [6, 6.07) is 16.7. The Morgan fingerprint density at radius 1 is 0.808 bits per heavy atom. The fraction of sp³-hybridized carbons (Fsp3) is 0.292. The lowest BCUT2D eigenvalue weighted by Crippen LogP contribution is -2.31. The van der Waals surface area contributed by atoms with E-state index in [4.69, 9.17) is 0 Å². The molecule has 2 heterocycles. The minimum Gasteiger partial charge on any atom is -0.376 e. The number of hydrogen-bond acceptors (Lipinski definition) is 2. The number of nitrogens with zero attached hydrogens (tertiary/aromatic N) is 1. The molecule has 134 valence electrons. The van der Waals surface area contributed by atoms with Gasteiger partial charge in [-0.2, -0.15) is 0 Å². The Hall–Kier alpha value is -2.61. The fourth-order valence-corrected chi connectivity index (χ4v) is 3.56.